The Kier molecular flexibility index (Phi) is 4.27. The van der Waals surface area contributed by atoms with Crippen LogP contribution in [0.4, 0.5) is 15.8 Å². The van der Waals surface area contributed by atoms with Crippen molar-refractivity contribution in [1.82, 2.24) is 4.98 Å². The van der Waals surface area contributed by atoms with Crippen molar-refractivity contribution >= 4 is 43.9 Å². The van der Waals surface area contributed by atoms with E-state index in [1.807, 2.05) is 0 Å². The molecule has 1 aromatic heterocycles. The van der Waals surface area contributed by atoms with Crippen LogP contribution in [0.1, 0.15) is 0 Å². The Labute approximate surface area is 146 Å². The van der Waals surface area contributed by atoms with Crippen LogP contribution in [0.5, 0.6) is 0 Å². The fraction of sp³-hybridized carbons (Fsp3) is 0. The quantitative estimate of drug-likeness (QED) is 0.548. The molecule has 128 valence electrons. The van der Waals surface area contributed by atoms with Gasteiger partial charge in [-0.15, -0.1) is 0 Å². The van der Waals surface area contributed by atoms with E-state index in [2.05, 4.69) is 9.71 Å². The molecule has 0 saturated heterocycles. The number of halogens is 2. The first-order valence-corrected chi connectivity index (χ1v) is 8.66. The lowest BCUT2D eigenvalue weighted by Crippen LogP contribution is -2.14. The number of pyridine rings is 1. The lowest BCUT2D eigenvalue weighted by Gasteiger charge is -2.11. The number of aromatic nitrogens is 1. The maximum absolute atomic E-state index is 13.4. The van der Waals surface area contributed by atoms with Gasteiger partial charge in [0, 0.05) is 17.6 Å². The summed E-state index contributed by atoms with van der Waals surface area (Å²) in [6, 6.07) is 8.50. The molecule has 1 N–H and O–H groups in total. The van der Waals surface area contributed by atoms with Gasteiger partial charge >= 0.3 is 5.69 Å². The molecular weight excluding hydrogens is 373 g/mol. The summed E-state index contributed by atoms with van der Waals surface area (Å²) < 4.78 is 40.9. The Balaban J connectivity index is 2.08. The topological polar surface area (TPSA) is 102 Å². The van der Waals surface area contributed by atoms with E-state index < -0.39 is 26.5 Å². The molecule has 0 aliphatic rings. The predicted octanol–water partition coefficient (Wildman–Crippen LogP) is 3.74. The number of nitrogens with one attached hydrogen (secondary N) is 1. The normalized spacial score (nSPS) is 11.4. The monoisotopic (exact) mass is 381 g/mol. The van der Waals surface area contributed by atoms with Gasteiger partial charge in [-0.3, -0.25) is 19.8 Å². The summed E-state index contributed by atoms with van der Waals surface area (Å²) in [7, 11) is -4.11. The van der Waals surface area contributed by atoms with Crippen molar-refractivity contribution in [3.63, 3.8) is 0 Å². The molecule has 1 heterocycles. The minimum atomic E-state index is -4.11. The minimum absolute atomic E-state index is 0.105. The van der Waals surface area contributed by atoms with Crippen molar-refractivity contribution in [3.05, 3.63) is 69.6 Å². The molecule has 7 nitrogen and oxygen atoms in total. The second-order valence-electron chi connectivity index (χ2n) is 4.97. The molecule has 0 radical (unpaired) electrons. The minimum Gasteiger partial charge on any atom is -0.279 e. The van der Waals surface area contributed by atoms with Crippen LogP contribution in [0.2, 0.25) is 5.02 Å². The Morgan fingerprint density at radius 1 is 1.20 bits per heavy atom. The number of anilines is 1. The lowest BCUT2D eigenvalue weighted by molar-refractivity contribution is -0.387. The summed E-state index contributed by atoms with van der Waals surface area (Å²) in [4.78, 5) is 13.8. The van der Waals surface area contributed by atoms with E-state index in [4.69, 9.17) is 11.6 Å². The molecule has 0 aliphatic heterocycles. The van der Waals surface area contributed by atoms with Crippen LogP contribution in [0.3, 0.4) is 0 Å². The van der Waals surface area contributed by atoms with Gasteiger partial charge < -0.3 is 0 Å². The standard InChI is InChI=1S/C15H9ClFN3O4S/c16-11-4-6-14(10-2-1-7-18-15(10)11)25(23,24)19-9-3-5-12(17)13(8-9)20(21)22/h1-8,19H. The molecule has 0 amide bonds. The highest BCUT2D eigenvalue weighted by Crippen LogP contribution is 2.30. The first-order chi connectivity index (χ1) is 11.8. The molecule has 0 spiro atoms. The second kappa shape index (κ2) is 6.26. The summed E-state index contributed by atoms with van der Waals surface area (Å²) in [5, 5.41) is 11.4. The highest BCUT2D eigenvalue weighted by atomic mass is 35.5. The first-order valence-electron chi connectivity index (χ1n) is 6.79. The van der Waals surface area contributed by atoms with Crippen molar-refractivity contribution in [2.75, 3.05) is 4.72 Å². The first kappa shape index (κ1) is 17.1. The predicted molar refractivity (Wildman–Crippen MR) is 90.6 cm³/mol. The molecular formula is C15H9ClFN3O4S. The summed E-state index contributed by atoms with van der Waals surface area (Å²) >= 11 is 6.02. The number of rotatable bonds is 4. The highest BCUT2D eigenvalue weighted by molar-refractivity contribution is 7.93. The van der Waals surface area contributed by atoms with Gasteiger partial charge in [0.1, 0.15) is 0 Å². The number of hydrogen-bond acceptors (Lipinski definition) is 5. The van der Waals surface area contributed by atoms with E-state index >= 15 is 0 Å². The van der Waals surface area contributed by atoms with Gasteiger partial charge in [-0.25, -0.2) is 8.42 Å². The third-order valence-electron chi connectivity index (χ3n) is 3.36. The van der Waals surface area contributed by atoms with Gasteiger partial charge in [-0.05, 0) is 36.4 Å². The number of fused-ring (bicyclic) bond motifs is 1. The molecule has 2 aromatic carbocycles. The zero-order valence-corrected chi connectivity index (χ0v) is 13.9. The number of nitrogens with zero attached hydrogens (tertiary/aromatic N) is 2. The number of benzene rings is 2. The van der Waals surface area contributed by atoms with Gasteiger partial charge in [0.2, 0.25) is 5.82 Å². The summed E-state index contributed by atoms with van der Waals surface area (Å²) in [5.74, 6) is -1.06. The number of nitro benzene ring substituents is 1. The van der Waals surface area contributed by atoms with Crippen LogP contribution in [0.25, 0.3) is 10.9 Å². The molecule has 10 heteroatoms. The number of sulfonamides is 1. The zero-order chi connectivity index (χ0) is 18.2. The Bertz CT molecular complexity index is 1110. The van der Waals surface area contributed by atoms with Gasteiger partial charge in [-0.2, -0.15) is 4.39 Å². The second-order valence-corrected chi connectivity index (χ2v) is 7.03. The number of nitro groups is 1. The van der Waals surface area contributed by atoms with E-state index in [0.29, 0.717) is 10.9 Å². The van der Waals surface area contributed by atoms with E-state index in [9.17, 15) is 22.9 Å². The fourth-order valence-corrected chi connectivity index (χ4v) is 3.73. The van der Waals surface area contributed by atoms with E-state index in [1.165, 1.54) is 24.4 Å². The van der Waals surface area contributed by atoms with Crippen LogP contribution in [0.15, 0.2) is 53.6 Å². The molecule has 25 heavy (non-hydrogen) atoms. The van der Waals surface area contributed by atoms with Gasteiger partial charge in [0.15, 0.2) is 0 Å². The van der Waals surface area contributed by atoms with E-state index in [1.54, 1.807) is 6.07 Å². The summed E-state index contributed by atoms with van der Waals surface area (Å²) in [6.07, 6.45) is 1.47. The average molecular weight is 382 g/mol. The van der Waals surface area contributed by atoms with Crippen molar-refractivity contribution in [2.24, 2.45) is 0 Å². The Hall–Kier alpha value is -2.78. The molecule has 0 fully saturated rings. The van der Waals surface area contributed by atoms with Crippen molar-refractivity contribution in [2.45, 2.75) is 4.90 Å². The van der Waals surface area contributed by atoms with Crippen LogP contribution in [0, 0.1) is 15.9 Å². The smallest absolute Gasteiger partial charge is 0.279 e. The largest absolute Gasteiger partial charge is 0.306 e. The van der Waals surface area contributed by atoms with Crippen molar-refractivity contribution in [3.8, 4) is 0 Å². The molecule has 3 rings (SSSR count). The molecule has 0 atom stereocenters. The van der Waals surface area contributed by atoms with Gasteiger partial charge in [-0.1, -0.05) is 11.6 Å². The third kappa shape index (κ3) is 3.24. The zero-order valence-electron chi connectivity index (χ0n) is 12.3. The van der Waals surface area contributed by atoms with Crippen molar-refractivity contribution in [1.29, 1.82) is 0 Å². The lowest BCUT2D eigenvalue weighted by atomic mass is 10.2. The molecule has 0 bridgehead atoms. The van der Waals surface area contributed by atoms with E-state index in [-0.39, 0.29) is 15.6 Å². The van der Waals surface area contributed by atoms with E-state index in [0.717, 1.165) is 18.2 Å². The Morgan fingerprint density at radius 2 is 1.96 bits per heavy atom. The van der Waals surface area contributed by atoms with Crippen LogP contribution < -0.4 is 4.72 Å². The maximum Gasteiger partial charge on any atom is 0.306 e. The van der Waals surface area contributed by atoms with Crippen LogP contribution in [-0.2, 0) is 10.0 Å². The van der Waals surface area contributed by atoms with Crippen LogP contribution in [-0.4, -0.2) is 18.3 Å². The molecule has 0 unspecified atom stereocenters. The van der Waals surface area contributed by atoms with Gasteiger partial charge in [0.05, 0.1) is 26.0 Å². The summed E-state index contributed by atoms with van der Waals surface area (Å²) in [5.41, 5.74) is -0.667. The third-order valence-corrected chi connectivity index (χ3v) is 5.11. The fourth-order valence-electron chi connectivity index (χ4n) is 2.27. The number of hydrogen-bond donors (Lipinski definition) is 1. The van der Waals surface area contributed by atoms with Crippen molar-refractivity contribution < 1.29 is 17.7 Å². The molecule has 3 aromatic rings. The average Bonchev–Trinajstić information content (AvgIpc) is 2.56. The highest BCUT2D eigenvalue weighted by Gasteiger charge is 2.21. The molecule has 0 saturated carbocycles. The van der Waals surface area contributed by atoms with Gasteiger partial charge in [0.25, 0.3) is 10.0 Å². The van der Waals surface area contributed by atoms with Crippen LogP contribution >= 0.6 is 11.6 Å². The maximum atomic E-state index is 13.4. The SMILES string of the molecule is O=[N+]([O-])c1cc(NS(=O)(=O)c2ccc(Cl)c3ncccc23)ccc1F. The summed E-state index contributed by atoms with van der Waals surface area (Å²) in [6.45, 7) is 0. The molecule has 0 aliphatic carbocycles. The Morgan fingerprint density at radius 3 is 2.68 bits per heavy atom.